The maximum Gasteiger partial charge on any atom is 0.212 e. The van der Waals surface area contributed by atoms with Crippen LogP contribution in [0.5, 0.6) is 0 Å². The van der Waals surface area contributed by atoms with Crippen molar-refractivity contribution in [1.82, 2.24) is 14.6 Å². The van der Waals surface area contributed by atoms with Crippen LogP contribution in [0.2, 0.25) is 0 Å². The molecule has 1 aliphatic carbocycles. The Balaban J connectivity index is 1.86. The van der Waals surface area contributed by atoms with E-state index in [0.717, 1.165) is 29.9 Å². The Morgan fingerprint density at radius 3 is 2.95 bits per heavy atom. The normalized spacial score (nSPS) is 13.8. The van der Waals surface area contributed by atoms with Gasteiger partial charge in [0.25, 0.3) is 0 Å². The van der Waals surface area contributed by atoms with Crippen LogP contribution in [-0.2, 0) is 19.3 Å². The monoisotopic (exact) mass is 283 g/mol. The first kappa shape index (κ1) is 12.1. The van der Waals surface area contributed by atoms with E-state index in [2.05, 4.69) is 42.6 Å². The summed E-state index contributed by atoms with van der Waals surface area (Å²) in [6.07, 6.45) is 3.17. The van der Waals surface area contributed by atoms with Crippen molar-refractivity contribution in [3.8, 4) is 11.3 Å². The summed E-state index contributed by atoms with van der Waals surface area (Å²) >= 11 is 1.73. The number of imidazole rings is 1. The summed E-state index contributed by atoms with van der Waals surface area (Å²) in [4.78, 5) is 5.89. The zero-order valence-electron chi connectivity index (χ0n) is 11.8. The Bertz CT molecular complexity index is 782. The molecule has 0 bridgehead atoms. The number of aromatic nitrogens is 3. The maximum atomic E-state index is 4.84. The van der Waals surface area contributed by atoms with E-state index in [1.807, 2.05) is 0 Å². The van der Waals surface area contributed by atoms with Crippen molar-refractivity contribution in [1.29, 1.82) is 0 Å². The number of fused-ring (bicyclic) bond motifs is 5. The number of benzene rings is 1. The second-order valence-electron chi connectivity index (χ2n) is 5.85. The van der Waals surface area contributed by atoms with E-state index in [-0.39, 0.29) is 0 Å². The Morgan fingerprint density at radius 1 is 1.25 bits per heavy atom. The Morgan fingerprint density at radius 2 is 2.10 bits per heavy atom. The molecule has 0 saturated carbocycles. The first-order chi connectivity index (χ1) is 9.72. The van der Waals surface area contributed by atoms with Crippen LogP contribution in [0.25, 0.3) is 16.2 Å². The fourth-order valence-electron chi connectivity index (χ4n) is 2.92. The largest absolute Gasteiger partial charge is 0.217 e. The van der Waals surface area contributed by atoms with Gasteiger partial charge in [-0.1, -0.05) is 49.4 Å². The van der Waals surface area contributed by atoms with Crippen molar-refractivity contribution in [3.05, 3.63) is 40.5 Å². The molecule has 0 unspecified atom stereocenters. The molecule has 0 fully saturated rings. The summed E-state index contributed by atoms with van der Waals surface area (Å²) in [7, 11) is 0. The average Bonchev–Trinajstić information content (AvgIpc) is 2.95. The van der Waals surface area contributed by atoms with Crippen molar-refractivity contribution >= 4 is 16.3 Å². The molecular formula is C16H17N3S. The molecule has 0 saturated heterocycles. The zero-order chi connectivity index (χ0) is 13.7. The number of rotatable bonds is 2. The van der Waals surface area contributed by atoms with E-state index in [1.165, 1.54) is 21.8 Å². The highest BCUT2D eigenvalue weighted by Gasteiger charge is 2.23. The third-order valence-electron chi connectivity index (χ3n) is 3.82. The predicted octanol–water partition coefficient (Wildman–Crippen LogP) is 3.75. The van der Waals surface area contributed by atoms with Gasteiger partial charge in [0.2, 0.25) is 4.96 Å². The van der Waals surface area contributed by atoms with Crippen LogP contribution in [0.15, 0.2) is 24.3 Å². The summed E-state index contributed by atoms with van der Waals surface area (Å²) in [5, 5.41) is 5.97. The van der Waals surface area contributed by atoms with E-state index in [9.17, 15) is 0 Å². The smallest absolute Gasteiger partial charge is 0.212 e. The van der Waals surface area contributed by atoms with Crippen LogP contribution >= 0.6 is 11.3 Å². The molecule has 4 heteroatoms. The SMILES string of the molecule is CC(C)Cc1nn2c3c(nc2s1)-c1ccccc1CC3. The quantitative estimate of drug-likeness (QED) is 0.717. The molecule has 20 heavy (non-hydrogen) atoms. The summed E-state index contributed by atoms with van der Waals surface area (Å²) in [5.74, 6) is 0.641. The lowest BCUT2D eigenvalue weighted by Gasteiger charge is -2.14. The second-order valence-corrected chi connectivity index (χ2v) is 6.89. The molecule has 0 aliphatic heterocycles. The zero-order valence-corrected chi connectivity index (χ0v) is 12.6. The highest BCUT2D eigenvalue weighted by atomic mass is 32.1. The molecule has 3 aromatic rings. The van der Waals surface area contributed by atoms with E-state index in [4.69, 9.17) is 10.1 Å². The lowest BCUT2D eigenvalue weighted by atomic mass is 9.92. The van der Waals surface area contributed by atoms with Crippen molar-refractivity contribution in [2.24, 2.45) is 5.92 Å². The lowest BCUT2D eigenvalue weighted by molar-refractivity contribution is 0.634. The van der Waals surface area contributed by atoms with Crippen LogP contribution < -0.4 is 0 Å². The third kappa shape index (κ3) is 1.79. The van der Waals surface area contributed by atoms with Gasteiger partial charge in [-0.15, -0.1) is 0 Å². The van der Waals surface area contributed by atoms with Gasteiger partial charge in [0.05, 0.1) is 11.4 Å². The van der Waals surface area contributed by atoms with Gasteiger partial charge < -0.3 is 0 Å². The van der Waals surface area contributed by atoms with E-state index in [1.54, 1.807) is 11.3 Å². The van der Waals surface area contributed by atoms with Crippen molar-refractivity contribution < 1.29 is 0 Å². The van der Waals surface area contributed by atoms with E-state index >= 15 is 0 Å². The van der Waals surface area contributed by atoms with Crippen LogP contribution in [0, 0.1) is 5.92 Å². The van der Waals surface area contributed by atoms with Gasteiger partial charge in [-0.3, -0.25) is 0 Å². The number of hydrogen-bond donors (Lipinski definition) is 0. The molecule has 0 N–H and O–H groups in total. The number of nitrogens with zero attached hydrogens (tertiary/aromatic N) is 3. The van der Waals surface area contributed by atoms with Gasteiger partial charge in [0.1, 0.15) is 5.01 Å². The standard InChI is InChI=1S/C16H17N3S/c1-10(2)9-14-18-19-13-8-7-11-5-3-4-6-12(11)15(13)17-16(19)20-14/h3-6,10H,7-9H2,1-2H3. The molecule has 1 aromatic carbocycles. The van der Waals surface area contributed by atoms with Crippen molar-refractivity contribution in [3.63, 3.8) is 0 Å². The average molecular weight is 283 g/mol. The maximum absolute atomic E-state index is 4.84. The second kappa shape index (κ2) is 4.42. The Labute approximate surface area is 122 Å². The molecule has 0 atom stereocenters. The number of hydrogen-bond acceptors (Lipinski definition) is 3. The van der Waals surface area contributed by atoms with Crippen molar-refractivity contribution in [2.45, 2.75) is 33.1 Å². The van der Waals surface area contributed by atoms with Crippen LogP contribution in [-0.4, -0.2) is 14.6 Å². The topological polar surface area (TPSA) is 30.2 Å². The highest BCUT2D eigenvalue weighted by Crippen LogP contribution is 2.34. The molecule has 0 spiro atoms. The molecule has 4 rings (SSSR count). The van der Waals surface area contributed by atoms with E-state index < -0.39 is 0 Å². The Hall–Kier alpha value is -1.68. The van der Waals surface area contributed by atoms with Crippen LogP contribution in [0.4, 0.5) is 0 Å². The summed E-state index contributed by atoms with van der Waals surface area (Å²) in [6.45, 7) is 4.46. The summed E-state index contributed by atoms with van der Waals surface area (Å²) < 4.78 is 2.08. The minimum absolute atomic E-state index is 0.641. The minimum atomic E-state index is 0.641. The lowest BCUT2D eigenvalue weighted by Crippen LogP contribution is -2.06. The molecule has 0 amide bonds. The molecule has 2 heterocycles. The van der Waals surface area contributed by atoms with Gasteiger partial charge in [0.15, 0.2) is 0 Å². The van der Waals surface area contributed by atoms with Gasteiger partial charge in [-0.25, -0.2) is 9.50 Å². The fourth-order valence-corrected chi connectivity index (χ4v) is 4.05. The minimum Gasteiger partial charge on any atom is -0.217 e. The summed E-state index contributed by atoms with van der Waals surface area (Å²) in [6, 6.07) is 8.60. The predicted molar refractivity (Wildman–Crippen MR) is 82.3 cm³/mol. The van der Waals surface area contributed by atoms with Gasteiger partial charge in [0, 0.05) is 12.0 Å². The first-order valence-corrected chi connectivity index (χ1v) is 7.99. The van der Waals surface area contributed by atoms with Gasteiger partial charge >= 0.3 is 0 Å². The molecule has 102 valence electrons. The molecular weight excluding hydrogens is 266 g/mol. The molecule has 1 aliphatic rings. The molecule has 3 nitrogen and oxygen atoms in total. The van der Waals surface area contributed by atoms with E-state index in [0.29, 0.717) is 5.92 Å². The molecule has 2 aromatic heterocycles. The van der Waals surface area contributed by atoms with Crippen LogP contribution in [0.1, 0.15) is 30.1 Å². The molecule has 0 radical (unpaired) electrons. The van der Waals surface area contributed by atoms with Crippen molar-refractivity contribution in [2.75, 3.05) is 0 Å². The van der Waals surface area contributed by atoms with Crippen LogP contribution in [0.3, 0.4) is 0 Å². The number of aryl methyl sites for hydroxylation is 2. The first-order valence-electron chi connectivity index (χ1n) is 7.18. The summed E-state index contributed by atoms with van der Waals surface area (Å²) in [5.41, 5.74) is 5.12. The third-order valence-corrected chi connectivity index (χ3v) is 4.76. The fraction of sp³-hybridized carbons (Fsp3) is 0.375. The van der Waals surface area contributed by atoms with Gasteiger partial charge in [-0.2, -0.15) is 5.10 Å². The Kier molecular flexibility index (Phi) is 2.67. The van der Waals surface area contributed by atoms with Gasteiger partial charge in [-0.05, 0) is 24.3 Å². The highest BCUT2D eigenvalue weighted by molar-refractivity contribution is 7.16.